The van der Waals surface area contributed by atoms with Crippen molar-refractivity contribution in [1.29, 1.82) is 0 Å². The normalized spacial score (nSPS) is 14.8. The van der Waals surface area contributed by atoms with Crippen LogP contribution in [0.25, 0.3) is 11.4 Å². The quantitative estimate of drug-likeness (QED) is 0.889. The smallest absolute Gasteiger partial charge is 0.140 e. The van der Waals surface area contributed by atoms with E-state index in [1.807, 2.05) is 12.4 Å². The summed E-state index contributed by atoms with van der Waals surface area (Å²) in [6, 6.07) is 7.45. The minimum absolute atomic E-state index is 0.752. The van der Waals surface area contributed by atoms with Gasteiger partial charge in [-0.1, -0.05) is 12.1 Å². The van der Waals surface area contributed by atoms with E-state index in [2.05, 4.69) is 46.9 Å². The fourth-order valence-electron chi connectivity index (χ4n) is 2.38. The summed E-state index contributed by atoms with van der Waals surface area (Å²) in [5.41, 5.74) is 3.89. The molecule has 0 saturated heterocycles. The summed E-state index contributed by atoms with van der Waals surface area (Å²) in [7, 11) is 0. The van der Waals surface area contributed by atoms with Gasteiger partial charge in [0.25, 0.3) is 0 Å². The van der Waals surface area contributed by atoms with Crippen molar-refractivity contribution in [3.8, 4) is 11.4 Å². The predicted molar refractivity (Wildman–Crippen MR) is 77.9 cm³/mol. The summed E-state index contributed by atoms with van der Waals surface area (Å²) in [5.74, 6) is 1.08. The van der Waals surface area contributed by atoms with Gasteiger partial charge >= 0.3 is 0 Å². The fourth-order valence-corrected chi connectivity index (χ4v) is 2.38. The zero-order valence-corrected chi connectivity index (χ0v) is 11.7. The SMILES string of the molecule is CCn1ccnc1-c1cc(CNC2CC2)ccc1C. The lowest BCUT2D eigenvalue weighted by atomic mass is 10.0. The highest BCUT2D eigenvalue weighted by Gasteiger charge is 2.20. The third-order valence-corrected chi connectivity index (χ3v) is 3.77. The Morgan fingerprint density at radius 1 is 1.37 bits per heavy atom. The van der Waals surface area contributed by atoms with Crippen LogP contribution in [0.2, 0.25) is 0 Å². The second-order valence-electron chi connectivity index (χ2n) is 5.34. The molecule has 0 radical (unpaired) electrons. The molecule has 3 nitrogen and oxygen atoms in total. The first-order chi connectivity index (χ1) is 9.28. The first-order valence-corrected chi connectivity index (χ1v) is 7.12. The zero-order chi connectivity index (χ0) is 13.2. The molecule has 0 aliphatic heterocycles. The fraction of sp³-hybridized carbons (Fsp3) is 0.438. The molecule has 1 aromatic heterocycles. The minimum atomic E-state index is 0.752. The molecule has 1 aliphatic rings. The third kappa shape index (κ3) is 2.71. The molecule has 100 valence electrons. The van der Waals surface area contributed by atoms with Gasteiger partial charge in [-0.05, 0) is 43.9 Å². The van der Waals surface area contributed by atoms with Crippen LogP contribution in [0.15, 0.2) is 30.6 Å². The molecule has 0 atom stereocenters. The Morgan fingerprint density at radius 2 is 2.21 bits per heavy atom. The van der Waals surface area contributed by atoms with E-state index >= 15 is 0 Å². The third-order valence-electron chi connectivity index (χ3n) is 3.77. The van der Waals surface area contributed by atoms with E-state index in [0.29, 0.717) is 0 Å². The van der Waals surface area contributed by atoms with Gasteiger partial charge in [0.05, 0.1) is 0 Å². The van der Waals surface area contributed by atoms with E-state index in [9.17, 15) is 0 Å². The highest BCUT2D eigenvalue weighted by molar-refractivity contribution is 5.61. The van der Waals surface area contributed by atoms with Gasteiger partial charge in [-0.25, -0.2) is 4.98 Å². The number of hydrogen-bond donors (Lipinski definition) is 1. The van der Waals surface area contributed by atoms with Crippen molar-refractivity contribution < 1.29 is 0 Å². The molecule has 0 spiro atoms. The lowest BCUT2D eigenvalue weighted by Gasteiger charge is -2.11. The number of imidazole rings is 1. The molecule has 1 aliphatic carbocycles. The van der Waals surface area contributed by atoms with E-state index < -0.39 is 0 Å². The van der Waals surface area contributed by atoms with Crippen LogP contribution in [0.1, 0.15) is 30.9 Å². The van der Waals surface area contributed by atoms with Gasteiger partial charge in [-0.3, -0.25) is 0 Å². The van der Waals surface area contributed by atoms with Gasteiger partial charge in [-0.2, -0.15) is 0 Å². The van der Waals surface area contributed by atoms with Crippen LogP contribution in [-0.2, 0) is 13.1 Å². The number of nitrogens with one attached hydrogen (secondary N) is 1. The standard InChI is InChI=1S/C16H21N3/c1-3-19-9-8-17-16(19)15-10-13(5-4-12(15)2)11-18-14-6-7-14/h4-5,8-10,14,18H,3,6-7,11H2,1-2H3. The summed E-state index contributed by atoms with van der Waals surface area (Å²) in [4.78, 5) is 4.51. The topological polar surface area (TPSA) is 29.9 Å². The van der Waals surface area contributed by atoms with Crippen molar-refractivity contribution in [2.75, 3.05) is 0 Å². The number of nitrogens with zero attached hydrogens (tertiary/aromatic N) is 2. The second-order valence-corrected chi connectivity index (χ2v) is 5.34. The number of rotatable bonds is 5. The molecular formula is C16H21N3. The van der Waals surface area contributed by atoms with E-state index in [0.717, 1.165) is 25.0 Å². The molecule has 1 fully saturated rings. The number of hydrogen-bond acceptors (Lipinski definition) is 2. The number of aryl methyl sites for hydroxylation is 2. The average molecular weight is 255 g/mol. The largest absolute Gasteiger partial charge is 0.331 e. The molecule has 0 unspecified atom stereocenters. The molecule has 1 N–H and O–H groups in total. The highest BCUT2D eigenvalue weighted by atomic mass is 15.1. The van der Waals surface area contributed by atoms with Crippen LogP contribution >= 0.6 is 0 Å². The van der Waals surface area contributed by atoms with Gasteiger partial charge in [0.1, 0.15) is 5.82 Å². The summed E-state index contributed by atoms with van der Waals surface area (Å²) in [6.07, 6.45) is 6.59. The molecule has 0 bridgehead atoms. The first kappa shape index (κ1) is 12.4. The van der Waals surface area contributed by atoms with Crippen molar-refractivity contribution in [3.63, 3.8) is 0 Å². The van der Waals surface area contributed by atoms with Gasteiger partial charge in [0.2, 0.25) is 0 Å². The Labute approximate surface area is 114 Å². The molecular weight excluding hydrogens is 234 g/mol. The summed E-state index contributed by atoms with van der Waals surface area (Å²) in [5, 5.41) is 3.57. The van der Waals surface area contributed by atoms with Gasteiger partial charge in [-0.15, -0.1) is 0 Å². The molecule has 1 saturated carbocycles. The van der Waals surface area contributed by atoms with E-state index in [1.54, 1.807) is 0 Å². The highest BCUT2D eigenvalue weighted by Crippen LogP contribution is 2.24. The van der Waals surface area contributed by atoms with Crippen molar-refractivity contribution in [2.24, 2.45) is 0 Å². The van der Waals surface area contributed by atoms with Crippen LogP contribution in [0.5, 0.6) is 0 Å². The minimum Gasteiger partial charge on any atom is -0.331 e. The summed E-state index contributed by atoms with van der Waals surface area (Å²) in [6.45, 7) is 6.23. The maximum absolute atomic E-state index is 4.51. The Morgan fingerprint density at radius 3 is 2.95 bits per heavy atom. The van der Waals surface area contributed by atoms with Gasteiger partial charge in [0, 0.05) is 37.1 Å². The Hall–Kier alpha value is -1.61. The Kier molecular flexibility index (Phi) is 3.38. The molecule has 2 aromatic rings. The lowest BCUT2D eigenvalue weighted by molar-refractivity contribution is 0.687. The molecule has 1 heterocycles. The van der Waals surface area contributed by atoms with Crippen LogP contribution < -0.4 is 5.32 Å². The van der Waals surface area contributed by atoms with Crippen LogP contribution in [0.4, 0.5) is 0 Å². The van der Waals surface area contributed by atoms with Crippen molar-refractivity contribution >= 4 is 0 Å². The second kappa shape index (κ2) is 5.17. The van der Waals surface area contributed by atoms with Crippen LogP contribution in [-0.4, -0.2) is 15.6 Å². The van der Waals surface area contributed by atoms with E-state index in [4.69, 9.17) is 0 Å². The summed E-state index contributed by atoms with van der Waals surface area (Å²) >= 11 is 0. The van der Waals surface area contributed by atoms with Crippen molar-refractivity contribution in [1.82, 2.24) is 14.9 Å². The lowest BCUT2D eigenvalue weighted by Crippen LogP contribution is -2.15. The van der Waals surface area contributed by atoms with Crippen molar-refractivity contribution in [2.45, 2.75) is 45.8 Å². The molecule has 19 heavy (non-hydrogen) atoms. The summed E-state index contributed by atoms with van der Waals surface area (Å²) < 4.78 is 2.19. The predicted octanol–water partition coefficient (Wildman–Crippen LogP) is 3.13. The maximum atomic E-state index is 4.51. The Bertz CT molecular complexity index is 567. The van der Waals surface area contributed by atoms with Crippen LogP contribution in [0.3, 0.4) is 0 Å². The Balaban J connectivity index is 1.88. The molecule has 3 heteroatoms. The first-order valence-electron chi connectivity index (χ1n) is 7.12. The maximum Gasteiger partial charge on any atom is 0.140 e. The van der Waals surface area contributed by atoms with Crippen LogP contribution in [0, 0.1) is 6.92 Å². The molecule has 1 aromatic carbocycles. The van der Waals surface area contributed by atoms with Crippen molar-refractivity contribution in [3.05, 3.63) is 41.7 Å². The average Bonchev–Trinajstić information content (AvgIpc) is 3.13. The van der Waals surface area contributed by atoms with Gasteiger partial charge in [0.15, 0.2) is 0 Å². The van der Waals surface area contributed by atoms with E-state index in [1.165, 1.54) is 29.5 Å². The number of benzene rings is 1. The zero-order valence-electron chi connectivity index (χ0n) is 11.7. The van der Waals surface area contributed by atoms with Gasteiger partial charge < -0.3 is 9.88 Å². The molecule has 0 amide bonds. The van der Waals surface area contributed by atoms with E-state index in [-0.39, 0.29) is 0 Å². The number of aromatic nitrogens is 2. The monoisotopic (exact) mass is 255 g/mol. The molecule has 3 rings (SSSR count).